The van der Waals surface area contributed by atoms with Crippen LogP contribution in [-0.4, -0.2) is 44.9 Å². The maximum absolute atomic E-state index is 14.8. The van der Waals surface area contributed by atoms with Crippen LogP contribution in [0.15, 0.2) is 51.3 Å². The summed E-state index contributed by atoms with van der Waals surface area (Å²) < 4.78 is 20.1. The zero-order valence-electron chi connectivity index (χ0n) is 19.9. The molecule has 0 bridgehead atoms. The van der Waals surface area contributed by atoms with Crippen molar-refractivity contribution in [3.8, 4) is 11.3 Å². The molecule has 3 aromatic rings. The van der Waals surface area contributed by atoms with Crippen molar-refractivity contribution < 1.29 is 23.8 Å². The number of carbonyl (C=O) groups is 1. The van der Waals surface area contributed by atoms with Crippen LogP contribution in [0, 0.1) is 16.9 Å². The number of esters is 1. The third-order valence-corrected chi connectivity index (χ3v) is 7.79. The van der Waals surface area contributed by atoms with Crippen LogP contribution in [0.4, 0.5) is 10.1 Å². The van der Waals surface area contributed by atoms with Crippen LogP contribution in [0.1, 0.15) is 40.3 Å². The maximum atomic E-state index is 14.8. The van der Waals surface area contributed by atoms with E-state index in [2.05, 4.69) is 30.0 Å². The number of thiophene rings is 1. The first-order chi connectivity index (χ1) is 18.3. The molecule has 0 spiro atoms. The molecule has 0 saturated heterocycles. The lowest BCUT2D eigenvalue weighted by atomic mass is 9.87. The highest BCUT2D eigenvalue weighted by Gasteiger charge is 2.54. The number of benzene rings is 1. The van der Waals surface area contributed by atoms with E-state index in [1.54, 1.807) is 18.2 Å². The molecule has 3 heterocycles. The number of imidazole rings is 1. The Balaban J connectivity index is 1.50. The van der Waals surface area contributed by atoms with Crippen LogP contribution in [0.25, 0.3) is 16.8 Å². The Morgan fingerprint density at radius 3 is 3.05 bits per heavy atom. The minimum Gasteiger partial charge on any atom is -0.619 e. The van der Waals surface area contributed by atoms with Gasteiger partial charge in [-0.2, -0.15) is 4.74 Å². The standard InChI is InChI=1S/C24H21ClFN7O4S/c1-37-22(34)20-19(26)16(10-38-20)18-8-28-23(31-18)24(35)5-4-12-6-13(9-33(36)21(12)24)15-7-14(25)2-3-17(15)29-11-30-32-27/h2-3,7-12,35H,4-6H2,1H3,(H,28,31)(H2,27,29,30). The number of halogens is 2. The van der Waals surface area contributed by atoms with E-state index >= 15 is 0 Å². The molecule has 1 saturated carbocycles. The van der Waals surface area contributed by atoms with Gasteiger partial charge in [0.1, 0.15) is 17.0 Å². The number of nitrogens with zero attached hydrogens (tertiary/aromatic N) is 5. The molecule has 2 aliphatic rings. The van der Waals surface area contributed by atoms with E-state index in [1.165, 1.54) is 31.2 Å². The van der Waals surface area contributed by atoms with E-state index in [1.807, 2.05) is 0 Å². The Labute approximate surface area is 224 Å². The number of nitrogens with two attached hydrogens (primary N) is 1. The minimum absolute atomic E-state index is 0.116. The van der Waals surface area contributed by atoms with Gasteiger partial charge in [0.2, 0.25) is 11.3 Å². The van der Waals surface area contributed by atoms with Crippen molar-refractivity contribution in [2.75, 3.05) is 7.11 Å². The average Bonchev–Trinajstić information content (AvgIpc) is 3.62. The molecular formula is C24H21ClFN7O4S. The number of methoxy groups -OCH3 is 1. The van der Waals surface area contributed by atoms with Crippen LogP contribution in [0.2, 0.25) is 5.02 Å². The number of H-pyrrole nitrogens is 1. The number of hydrogen-bond donors (Lipinski definition) is 3. The molecule has 1 fully saturated rings. The zero-order valence-corrected chi connectivity index (χ0v) is 21.5. The largest absolute Gasteiger partial charge is 0.619 e. The Kier molecular flexibility index (Phi) is 6.82. The number of aliphatic hydroxyl groups is 1. The van der Waals surface area contributed by atoms with Crippen LogP contribution in [0.3, 0.4) is 0 Å². The molecule has 2 unspecified atom stereocenters. The second-order valence-corrected chi connectivity index (χ2v) is 10.0. The monoisotopic (exact) mass is 557 g/mol. The number of nitrogens with one attached hydrogen (secondary N) is 1. The highest BCUT2D eigenvalue weighted by molar-refractivity contribution is 7.12. The predicted molar refractivity (Wildman–Crippen MR) is 140 cm³/mol. The Morgan fingerprint density at radius 2 is 2.29 bits per heavy atom. The third-order valence-electron chi connectivity index (χ3n) is 6.62. The van der Waals surface area contributed by atoms with E-state index in [4.69, 9.17) is 17.4 Å². The van der Waals surface area contributed by atoms with E-state index < -0.39 is 17.4 Å². The van der Waals surface area contributed by atoms with Crippen molar-refractivity contribution in [1.82, 2.24) is 9.97 Å². The van der Waals surface area contributed by atoms with Gasteiger partial charge in [0, 0.05) is 33.0 Å². The molecule has 1 aromatic carbocycles. The van der Waals surface area contributed by atoms with Crippen molar-refractivity contribution in [3.05, 3.63) is 68.3 Å². The maximum Gasteiger partial charge on any atom is 0.351 e. The van der Waals surface area contributed by atoms with Gasteiger partial charge in [-0.15, -0.1) is 16.5 Å². The molecule has 5 rings (SSSR count). The quantitative estimate of drug-likeness (QED) is 0.0581. The van der Waals surface area contributed by atoms with Crippen molar-refractivity contribution in [2.45, 2.75) is 24.9 Å². The SMILES string of the molecule is COC(=O)c1scc(-c2cnc(C3(O)CCC4CC(c5cc(Cl)ccc5N=CN=NN)=C[N+]([O-])=C43)[nH]2)c1F. The number of hydrogen-bond acceptors (Lipinski definition) is 8. The van der Waals surface area contributed by atoms with E-state index in [0.717, 1.165) is 11.3 Å². The van der Waals surface area contributed by atoms with Gasteiger partial charge in [0.25, 0.3) is 0 Å². The summed E-state index contributed by atoms with van der Waals surface area (Å²) >= 11 is 7.12. The third kappa shape index (κ3) is 4.38. The molecular weight excluding hydrogens is 537 g/mol. The first-order valence-electron chi connectivity index (χ1n) is 11.4. The van der Waals surface area contributed by atoms with Crippen LogP contribution >= 0.6 is 22.9 Å². The van der Waals surface area contributed by atoms with Gasteiger partial charge >= 0.3 is 5.97 Å². The summed E-state index contributed by atoms with van der Waals surface area (Å²) in [6.07, 6.45) is 5.14. The van der Waals surface area contributed by atoms with Gasteiger partial charge in [0.15, 0.2) is 12.0 Å². The first kappa shape index (κ1) is 25.7. The molecule has 38 heavy (non-hydrogen) atoms. The summed E-state index contributed by atoms with van der Waals surface area (Å²) in [5.74, 6) is 3.33. The van der Waals surface area contributed by atoms with Gasteiger partial charge in [-0.3, -0.25) is 0 Å². The second kappa shape index (κ2) is 10.1. The number of hydroxylamine groups is 1. The summed E-state index contributed by atoms with van der Waals surface area (Å²) in [6.45, 7) is 0. The smallest absolute Gasteiger partial charge is 0.351 e. The number of rotatable bonds is 6. The number of aromatic nitrogens is 2. The fourth-order valence-corrected chi connectivity index (χ4v) is 5.95. The predicted octanol–water partition coefficient (Wildman–Crippen LogP) is 4.70. The van der Waals surface area contributed by atoms with Crippen molar-refractivity contribution in [2.24, 2.45) is 27.1 Å². The van der Waals surface area contributed by atoms with Crippen molar-refractivity contribution in [3.63, 3.8) is 0 Å². The van der Waals surface area contributed by atoms with Crippen LogP contribution in [-0.2, 0) is 10.3 Å². The van der Waals surface area contributed by atoms with Crippen molar-refractivity contribution in [1.29, 1.82) is 0 Å². The normalized spacial score (nSPS) is 21.4. The number of ether oxygens (including phenoxy) is 1. The van der Waals surface area contributed by atoms with E-state index in [0.29, 0.717) is 39.4 Å². The molecule has 0 radical (unpaired) electrons. The lowest BCUT2D eigenvalue weighted by Gasteiger charge is -2.25. The van der Waals surface area contributed by atoms with Crippen LogP contribution < -0.4 is 5.84 Å². The summed E-state index contributed by atoms with van der Waals surface area (Å²) in [4.78, 5) is 23.1. The Bertz CT molecular complexity index is 1550. The summed E-state index contributed by atoms with van der Waals surface area (Å²) in [7, 11) is 1.17. The number of fused-ring (bicyclic) bond motifs is 1. The van der Waals surface area contributed by atoms with Gasteiger partial charge < -0.3 is 25.9 Å². The lowest BCUT2D eigenvalue weighted by molar-refractivity contribution is -0.389. The fraction of sp³-hybridized carbons (Fsp3) is 0.250. The molecule has 2 aromatic heterocycles. The molecule has 4 N–H and O–H groups in total. The number of carbonyl (C=O) groups excluding carboxylic acids is 1. The minimum atomic E-state index is -1.68. The lowest BCUT2D eigenvalue weighted by Crippen LogP contribution is -2.40. The number of aliphatic imine (C=N–C) groups is 1. The van der Waals surface area contributed by atoms with Crippen molar-refractivity contribution >= 4 is 52.2 Å². The Morgan fingerprint density at radius 1 is 1.47 bits per heavy atom. The van der Waals surface area contributed by atoms with Gasteiger partial charge in [-0.05, 0) is 37.5 Å². The molecule has 0 amide bonds. The first-order valence-corrected chi connectivity index (χ1v) is 12.6. The summed E-state index contributed by atoms with van der Waals surface area (Å²) in [6, 6.07) is 5.07. The molecule has 14 heteroatoms. The van der Waals surface area contributed by atoms with E-state index in [-0.39, 0.29) is 40.0 Å². The molecule has 11 nitrogen and oxygen atoms in total. The van der Waals surface area contributed by atoms with Gasteiger partial charge in [0.05, 0.1) is 24.7 Å². The fourth-order valence-electron chi connectivity index (χ4n) is 4.91. The zero-order chi connectivity index (χ0) is 27.0. The van der Waals surface area contributed by atoms with E-state index in [9.17, 15) is 19.5 Å². The highest BCUT2D eigenvalue weighted by Crippen LogP contribution is 2.46. The summed E-state index contributed by atoms with van der Waals surface area (Å²) in [5, 5.41) is 33.6. The topological polar surface area (TPSA) is 164 Å². The molecule has 196 valence electrons. The van der Waals surface area contributed by atoms with Gasteiger partial charge in [-0.1, -0.05) is 16.8 Å². The summed E-state index contributed by atoms with van der Waals surface area (Å²) in [5.41, 5.74) is 0.803. The molecule has 2 atom stereocenters. The average molecular weight is 558 g/mol. The van der Waals surface area contributed by atoms with Gasteiger partial charge in [-0.25, -0.2) is 19.2 Å². The molecule has 1 aliphatic heterocycles. The Hall–Kier alpha value is -3.94. The second-order valence-electron chi connectivity index (χ2n) is 8.73. The number of aromatic amines is 1. The molecule has 1 aliphatic carbocycles. The van der Waals surface area contributed by atoms with Crippen LogP contribution in [0.5, 0.6) is 0 Å². The number of allylic oxidation sites excluding steroid dienone is 1. The highest BCUT2D eigenvalue weighted by atomic mass is 35.5.